The number of nitrogens with zero attached hydrogens (tertiary/aromatic N) is 4. The van der Waals surface area contributed by atoms with E-state index in [1.807, 2.05) is 6.92 Å². The third kappa shape index (κ3) is 3.48. The molecule has 0 aliphatic heterocycles. The number of tetrazole rings is 1. The Bertz CT molecular complexity index is 274. The zero-order valence-electron chi connectivity index (χ0n) is 7.92. The molecule has 7 heteroatoms. The normalized spacial score (nSPS) is 12.4. The summed E-state index contributed by atoms with van der Waals surface area (Å²) >= 11 is 0. The van der Waals surface area contributed by atoms with Gasteiger partial charge in [0.05, 0.1) is 0 Å². The fraction of sp³-hybridized carbons (Fsp3) is 0.714. The number of carbonyl (C=O) groups excluding carboxylic acids is 1. The highest BCUT2D eigenvalue weighted by molar-refractivity contribution is 5.75. The van der Waals surface area contributed by atoms with Gasteiger partial charge in [-0.1, -0.05) is 6.92 Å². The fourth-order valence-electron chi connectivity index (χ4n) is 0.808. The van der Waals surface area contributed by atoms with Crippen LogP contribution in [0.1, 0.15) is 6.92 Å². The van der Waals surface area contributed by atoms with Crippen LogP contribution in [0.5, 0.6) is 0 Å². The van der Waals surface area contributed by atoms with Crippen LogP contribution in [0, 0.1) is 5.92 Å². The van der Waals surface area contributed by atoms with Crippen molar-refractivity contribution in [2.75, 3.05) is 13.2 Å². The molecule has 1 unspecified atom stereocenters. The van der Waals surface area contributed by atoms with Crippen molar-refractivity contribution >= 4 is 5.91 Å². The van der Waals surface area contributed by atoms with Gasteiger partial charge >= 0.3 is 0 Å². The Morgan fingerprint density at radius 3 is 3.07 bits per heavy atom. The average Bonchev–Trinajstić information content (AvgIpc) is 2.66. The summed E-state index contributed by atoms with van der Waals surface area (Å²) in [6.45, 7) is 2.46. The molecule has 1 rings (SSSR count). The molecule has 0 aliphatic rings. The third-order valence-corrected chi connectivity index (χ3v) is 1.66. The predicted molar refractivity (Wildman–Crippen MR) is 47.1 cm³/mol. The molecule has 0 aromatic carbocycles. The third-order valence-electron chi connectivity index (χ3n) is 1.66. The smallest absolute Gasteiger partial charge is 0.241 e. The lowest BCUT2D eigenvalue weighted by atomic mass is 10.2. The van der Waals surface area contributed by atoms with E-state index < -0.39 is 0 Å². The van der Waals surface area contributed by atoms with Crippen molar-refractivity contribution < 1.29 is 9.90 Å². The monoisotopic (exact) mass is 199 g/mol. The molecule has 7 nitrogen and oxygen atoms in total. The van der Waals surface area contributed by atoms with Gasteiger partial charge in [0.1, 0.15) is 12.9 Å². The highest BCUT2D eigenvalue weighted by Gasteiger charge is 2.05. The van der Waals surface area contributed by atoms with E-state index in [4.69, 9.17) is 5.11 Å². The van der Waals surface area contributed by atoms with Gasteiger partial charge in [0, 0.05) is 13.2 Å². The maximum Gasteiger partial charge on any atom is 0.241 e. The first-order chi connectivity index (χ1) is 6.72. The van der Waals surface area contributed by atoms with Crippen molar-refractivity contribution in [1.82, 2.24) is 25.5 Å². The number of carbonyl (C=O) groups is 1. The Labute approximate surface area is 81.1 Å². The molecule has 14 heavy (non-hydrogen) atoms. The summed E-state index contributed by atoms with van der Waals surface area (Å²) in [5, 5.41) is 21.7. The molecule has 2 N–H and O–H groups in total. The lowest BCUT2D eigenvalue weighted by Gasteiger charge is -2.08. The maximum atomic E-state index is 11.2. The van der Waals surface area contributed by atoms with Gasteiger partial charge in [0.25, 0.3) is 0 Å². The number of nitrogens with one attached hydrogen (secondary N) is 1. The minimum Gasteiger partial charge on any atom is -0.396 e. The second kappa shape index (κ2) is 5.28. The second-order valence-electron chi connectivity index (χ2n) is 3.10. The molecule has 1 aromatic rings. The van der Waals surface area contributed by atoms with Crippen molar-refractivity contribution in [3.05, 3.63) is 6.33 Å². The number of hydrogen-bond donors (Lipinski definition) is 2. The fourth-order valence-corrected chi connectivity index (χ4v) is 0.808. The molecule has 0 fully saturated rings. The molecule has 1 aromatic heterocycles. The van der Waals surface area contributed by atoms with Crippen LogP contribution in [0.4, 0.5) is 0 Å². The molecule has 1 heterocycles. The Morgan fingerprint density at radius 1 is 1.71 bits per heavy atom. The van der Waals surface area contributed by atoms with Crippen LogP contribution in [0.25, 0.3) is 0 Å². The Kier molecular flexibility index (Phi) is 3.99. The van der Waals surface area contributed by atoms with Gasteiger partial charge in [-0.05, 0) is 16.3 Å². The molecule has 0 spiro atoms. The first kappa shape index (κ1) is 10.6. The van der Waals surface area contributed by atoms with E-state index in [0.717, 1.165) is 0 Å². The highest BCUT2D eigenvalue weighted by Crippen LogP contribution is 1.88. The summed E-state index contributed by atoms with van der Waals surface area (Å²) in [5.41, 5.74) is 0. The zero-order chi connectivity index (χ0) is 10.4. The highest BCUT2D eigenvalue weighted by atomic mass is 16.3. The van der Waals surface area contributed by atoms with Crippen LogP contribution >= 0.6 is 0 Å². The van der Waals surface area contributed by atoms with E-state index in [1.54, 1.807) is 0 Å². The maximum absolute atomic E-state index is 11.2. The van der Waals surface area contributed by atoms with E-state index in [-0.39, 0.29) is 25.0 Å². The van der Waals surface area contributed by atoms with Gasteiger partial charge in [0.15, 0.2) is 0 Å². The summed E-state index contributed by atoms with van der Waals surface area (Å²) in [7, 11) is 0. The number of aliphatic hydroxyl groups is 1. The van der Waals surface area contributed by atoms with E-state index in [0.29, 0.717) is 6.54 Å². The standard InChI is InChI=1S/C7H13N5O2/c1-6(4-13)2-8-7(14)3-12-5-9-10-11-12/h5-6,13H,2-4H2,1H3,(H,8,14). The predicted octanol–water partition coefficient (Wildman–Crippen LogP) is -1.58. The summed E-state index contributed by atoms with van der Waals surface area (Å²) in [6.07, 6.45) is 1.37. The number of aromatic nitrogens is 4. The molecule has 0 saturated heterocycles. The summed E-state index contributed by atoms with van der Waals surface area (Å²) in [6, 6.07) is 0. The van der Waals surface area contributed by atoms with E-state index in [2.05, 4.69) is 20.8 Å². The molecular formula is C7H13N5O2. The molecule has 78 valence electrons. The summed E-state index contributed by atoms with van der Waals surface area (Å²) < 4.78 is 1.33. The minimum atomic E-state index is -0.169. The van der Waals surface area contributed by atoms with Gasteiger partial charge in [-0.2, -0.15) is 0 Å². The van der Waals surface area contributed by atoms with E-state index in [9.17, 15) is 4.79 Å². The SMILES string of the molecule is CC(CO)CNC(=O)Cn1cnnn1. The molecule has 1 atom stereocenters. The van der Waals surface area contributed by atoms with Gasteiger partial charge in [0.2, 0.25) is 5.91 Å². The minimum absolute atomic E-state index is 0.0607. The van der Waals surface area contributed by atoms with Gasteiger partial charge in [-0.25, -0.2) is 4.68 Å². The van der Waals surface area contributed by atoms with Gasteiger partial charge in [-0.15, -0.1) is 5.10 Å². The largest absolute Gasteiger partial charge is 0.396 e. The first-order valence-corrected chi connectivity index (χ1v) is 4.30. The van der Waals surface area contributed by atoms with Crippen LogP contribution in [0.15, 0.2) is 6.33 Å². The second-order valence-corrected chi connectivity index (χ2v) is 3.10. The lowest BCUT2D eigenvalue weighted by Crippen LogP contribution is -2.32. The molecular weight excluding hydrogens is 186 g/mol. The van der Waals surface area contributed by atoms with Crippen molar-refractivity contribution in [3.8, 4) is 0 Å². The van der Waals surface area contributed by atoms with Crippen LogP contribution < -0.4 is 5.32 Å². The molecule has 0 bridgehead atoms. The first-order valence-electron chi connectivity index (χ1n) is 4.30. The number of hydrogen-bond acceptors (Lipinski definition) is 5. The van der Waals surface area contributed by atoms with E-state index >= 15 is 0 Å². The van der Waals surface area contributed by atoms with Crippen molar-refractivity contribution in [2.45, 2.75) is 13.5 Å². The van der Waals surface area contributed by atoms with Crippen LogP contribution in [-0.2, 0) is 11.3 Å². The Balaban J connectivity index is 2.23. The van der Waals surface area contributed by atoms with Crippen LogP contribution in [0.3, 0.4) is 0 Å². The summed E-state index contributed by atoms with van der Waals surface area (Å²) in [4.78, 5) is 11.2. The molecule has 0 saturated carbocycles. The zero-order valence-corrected chi connectivity index (χ0v) is 7.92. The number of rotatable bonds is 5. The Morgan fingerprint density at radius 2 is 2.50 bits per heavy atom. The van der Waals surface area contributed by atoms with Crippen LogP contribution in [-0.4, -0.2) is 44.4 Å². The van der Waals surface area contributed by atoms with Crippen molar-refractivity contribution in [2.24, 2.45) is 5.92 Å². The van der Waals surface area contributed by atoms with Gasteiger partial charge < -0.3 is 10.4 Å². The number of amides is 1. The summed E-state index contributed by atoms with van der Waals surface area (Å²) in [5.74, 6) is -0.106. The van der Waals surface area contributed by atoms with Crippen molar-refractivity contribution in [1.29, 1.82) is 0 Å². The van der Waals surface area contributed by atoms with Crippen molar-refractivity contribution in [3.63, 3.8) is 0 Å². The topological polar surface area (TPSA) is 92.9 Å². The molecule has 1 amide bonds. The lowest BCUT2D eigenvalue weighted by molar-refractivity contribution is -0.122. The van der Waals surface area contributed by atoms with Gasteiger partial charge in [-0.3, -0.25) is 4.79 Å². The quantitative estimate of drug-likeness (QED) is 0.597. The van der Waals surface area contributed by atoms with E-state index in [1.165, 1.54) is 11.0 Å². The van der Waals surface area contributed by atoms with Crippen LogP contribution in [0.2, 0.25) is 0 Å². The Hall–Kier alpha value is -1.50. The molecule has 0 radical (unpaired) electrons. The average molecular weight is 199 g/mol. The number of aliphatic hydroxyl groups excluding tert-OH is 1. The molecule has 0 aliphatic carbocycles.